The Kier molecular flexibility index (Phi) is 14.2. The van der Waals surface area contributed by atoms with E-state index in [9.17, 15) is 19.5 Å². The fourth-order valence-electron chi connectivity index (χ4n) is 4.37. The molecule has 0 radical (unpaired) electrons. The summed E-state index contributed by atoms with van der Waals surface area (Å²) in [6.45, 7) is 15.5. The molecule has 0 aromatic heterocycles. The van der Waals surface area contributed by atoms with E-state index in [-0.39, 0.29) is 29.5 Å². The van der Waals surface area contributed by atoms with Crippen LogP contribution in [0.25, 0.3) is 0 Å². The van der Waals surface area contributed by atoms with Crippen molar-refractivity contribution in [3.8, 4) is 5.75 Å². The Balaban J connectivity index is 3.45. The molecular weight excluding hydrogens is 482 g/mol. The van der Waals surface area contributed by atoms with Crippen LogP contribution in [0.15, 0.2) is 24.3 Å². The number of nitrogens with zero attached hydrogens (tertiary/aromatic N) is 1. The van der Waals surface area contributed by atoms with Crippen molar-refractivity contribution in [1.29, 1.82) is 0 Å². The van der Waals surface area contributed by atoms with Crippen molar-refractivity contribution in [2.45, 2.75) is 124 Å². The third-order valence-corrected chi connectivity index (χ3v) is 6.25. The van der Waals surface area contributed by atoms with E-state index >= 15 is 0 Å². The first-order valence-electron chi connectivity index (χ1n) is 14.2. The highest BCUT2D eigenvalue weighted by atomic mass is 16.6. The van der Waals surface area contributed by atoms with E-state index in [2.05, 4.69) is 24.5 Å². The number of hydrogen-bond acceptors (Lipinski definition) is 5. The monoisotopic (exact) mass is 533 g/mol. The Morgan fingerprint density at radius 1 is 0.974 bits per heavy atom. The quantitative estimate of drug-likeness (QED) is 0.237. The number of unbranched alkanes of at least 4 members (excludes halogenated alkanes) is 4. The Bertz CT molecular complexity index is 881. The van der Waals surface area contributed by atoms with Gasteiger partial charge in [-0.05, 0) is 64.2 Å². The van der Waals surface area contributed by atoms with E-state index in [0.29, 0.717) is 12.1 Å². The van der Waals surface area contributed by atoms with Crippen LogP contribution in [-0.4, -0.2) is 52.1 Å². The average molecular weight is 534 g/mol. The van der Waals surface area contributed by atoms with Gasteiger partial charge in [0.15, 0.2) is 0 Å². The molecule has 0 heterocycles. The fraction of sp³-hybridized carbons (Fsp3) is 0.700. The van der Waals surface area contributed by atoms with Crippen LogP contribution in [0.4, 0.5) is 4.79 Å². The highest BCUT2D eigenvalue weighted by Gasteiger charge is 2.37. The van der Waals surface area contributed by atoms with E-state index in [1.165, 1.54) is 12.1 Å². The SMILES string of the molecule is CCCCCCCN(C(=O)C(NC(=O)OC(C)(C)C)C(C)C)C(C(=O)NC(C)CCC)c1cccc(O)c1. The molecule has 0 saturated heterocycles. The molecule has 3 N–H and O–H groups in total. The van der Waals surface area contributed by atoms with E-state index < -0.39 is 23.8 Å². The molecule has 0 spiro atoms. The number of rotatable bonds is 15. The third kappa shape index (κ3) is 11.7. The van der Waals surface area contributed by atoms with Crippen LogP contribution in [-0.2, 0) is 14.3 Å². The van der Waals surface area contributed by atoms with Crippen molar-refractivity contribution in [3.05, 3.63) is 29.8 Å². The second-order valence-electron chi connectivity index (χ2n) is 11.5. The fourth-order valence-corrected chi connectivity index (χ4v) is 4.37. The molecule has 216 valence electrons. The normalized spacial score (nSPS) is 13.9. The van der Waals surface area contributed by atoms with E-state index in [4.69, 9.17) is 4.74 Å². The van der Waals surface area contributed by atoms with Crippen molar-refractivity contribution in [2.24, 2.45) is 5.92 Å². The summed E-state index contributed by atoms with van der Waals surface area (Å²) in [5, 5.41) is 16.0. The van der Waals surface area contributed by atoms with Crippen LogP contribution in [0.2, 0.25) is 0 Å². The summed E-state index contributed by atoms with van der Waals surface area (Å²) in [7, 11) is 0. The van der Waals surface area contributed by atoms with Gasteiger partial charge in [0.2, 0.25) is 11.8 Å². The molecule has 1 rings (SSSR count). The largest absolute Gasteiger partial charge is 0.508 e. The molecule has 3 unspecified atom stereocenters. The zero-order chi connectivity index (χ0) is 28.9. The lowest BCUT2D eigenvalue weighted by molar-refractivity contribution is -0.143. The number of phenols is 1. The van der Waals surface area contributed by atoms with E-state index in [1.54, 1.807) is 37.8 Å². The molecule has 0 aliphatic carbocycles. The van der Waals surface area contributed by atoms with Gasteiger partial charge in [-0.25, -0.2) is 4.79 Å². The Morgan fingerprint density at radius 2 is 1.63 bits per heavy atom. The van der Waals surface area contributed by atoms with Gasteiger partial charge in [0.1, 0.15) is 23.4 Å². The summed E-state index contributed by atoms with van der Waals surface area (Å²) < 4.78 is 5.43. The molecular formula is C30H51N3O5. The highest BCUT2D eigenvalue weighted by molar-refractivity contribution is 5.92. The number of benzene rings is 1. The second-order valence-corrected chi connectivity index (χ2v) is 11.5. The molecule has 1 aromatic carbocycles. The van der Waals surface area contributed by atoms with Crippen LogP contribution < -0.4 is 10.6 Å². The minimum atomic E-state index is -0.957. The summed E-state index contributed by atoms with van der Waals surface area (Å²) in [5.74, 6) is -0.889. The number of ether oxygens (including phenoxy) is 1. The van der Waals surface area contributed by atoms with Gasteiger partial charge in [-0.3, -0.25) is 9.59 Å². The minimum Gasteiger partial charge on any atom is -0.508 e. The minimum absolute atomic E-state index is 0.0181. The zero-order valence-electron chi connectivity index (χ0n) is 24.8. The van der Waals surface area contributed by atoms with Gasteiger partial charge in [0.05, 0.1) is 0 Å². The average Bonchev–Trinajstić information content (AvgIpc) is 2.80. The maximum absolute atomic E-state index is 14.1. The first-order chi connectivity index (χ1) is 17.8. The standard InChI is InChI=1S/C30H51N3O5/c1-9-11-12-13-14-19-33(28(36)25(21(3)4)32-29(37)38-30(6,7)8)26(23-17-15-18-24(34)20-23)27(35)31-22(5)16-10-2/h15,17-18,20-22,25-26,34H,9-14,16,19H2,1-8H3,(H,31,35)(H,32,37). The van der Waals surface area contributed by atoms with Crippen LogP contribution in [0, 0.1) is 5.92 Å². The molecule has 0 aliphatic heterocycles. The number of phenolic OH excluding ortho intramolecular Hbond substituents is 1. The first-order valence-corrected chi connectivity index (χ1v) is 14.2. The summed E-state index contributed by atoms with van der Waals surface area (Å²) in [6.07, 6.45) is 5.92. The number of alkyl carbamates (subject to hydrolysis) is 1. The topological polar surface area (TPSA) is 108 Å². The van der Waals surface area contributed by atoms with Gasteiger partial charge in [-0.15, -0.1) is 0 Å². The summed E-state index contributed by atoms with van der Waals surface area (Å²) in [4.78, 5) is 42.1. The molecule has 0 saturated carbocycles. The van der Waals surface area contributed by atoms with Gasteiger partial charge < -0.3 is 25.4 Å². The van der Waals surface area contributed by atoms with Crippen molar-refractivity contribution >= 4 is 17.9 Å². The van der Waals surface area contributed by atoms with Crippen molar-refractivity contribution < 1.29 is 24.2 Å². The predicted molar refractivity (Wildman–Crippen MR) is 152 cm³/mol. The van der Waals surface area contributed by atoms with E-state index in [0.717, 1.165) is 44.9 Å². The lowest BCUT2D eigenvalue weighted by atomic mass is 9.97. The number of hydrogen-bond donors (Lipinski definition) is 3. The maximum Gasteiger partial charge on any atom is 0.408 e. The number of carbonyl (C=O) groups is 3. The number of carbonyl (C=O) groups excluding carboxylic acids is 3. The number of amides is 3. The molecule has 0 bridgehead atoms. The molecule has 8 nitrogen and oxygen atoms in total. The second kappa shape index (κ2) is 16.2. The smallest absolute Gasteiger partial charge is 0.408 e. The van der Waals surface area contributed by atoms with Crippen molar-refractivity contribution in [1.82, 2.24) is 15.5 Å². The highest BCUT2D eigenvalue weighted by Crippen LogP contribution is 2.27. The van der Waals surface area contributed by atoms with Gasteiger partial charge in [-0.2, -0.15) is 0 Å². The van der Waals surface area contributed by atoms with E-state index in [1.807, 2.05) is 20.8 Å². The van der Waals surface area contributed by atoms with Gasteiger partial charge >= 0.3 is 6.09 Å². The van der Waals surface area contributed by atoms with Gasteiger partial charge in [0, 0.05) is 12.6 Å². The molecule has 8 heteroatoms. The molecule has 0 aliphatic rings. The lowest BCUT2D eigenvalue weighted by Crippen LogP contribution is -2.55. The van der Waals surface area contributed by atoms with Crippen molar-refractivity contribution in [2.75, 3.05) is 6.54 Å². The van der Waals surface area contributed by atoms with Gasteiger partial charge in [-0.1, -0.05) is 71.9 Å². The summed E-state index contributed by atoms with van der Waals surface area (Å²) in [5.41, 5.74) is -0.194. The molecule has 1 aromatic rings. The Hall–Kier alpha value is -2.77. The van der Waals surface area contributed by atoms with Crippen LogP contribution in [0.1, 0.15) is 112 Å². The predicted octanol–water partition coefficient (Wildman–Crippen LogP) is 6.09. The van der Waals surface area contributed by atoms with Crippen LogP contribution in [0.3, 0.4) is 0 Å². The van der Waals surface area contributed by atoms with Gasteiger partial charge in [0.25, 0.3) is 0 Å². The van der Waals surface area contributed by atoms with Crippen LogP contribution in [0.5, 0.6) is 5.75 Å². The summed E-state index contributed by atoms with van der Waals surface area (Å²) in [6, 6.07) is 4.56. The van der Waals surface area contributed by atoms with Crippen molar-refractivity contribution in [3.63, 3.8) is 0 Å². The Morgan fingerprint density at radius 3 is 2.18 bits per heavy atom. The first kappa shape index (κ1) is 33.3. The number of aromatic hydroxyl groups is 1. The molecule has 0 fully saturated rings. The zero-order valence-corrected chi connectivity index (χ0v) is 24.8. The molecule has 3 atom stereocenters. The summed E-state index contributed by atoms with van der Waals surface area (Å²) >= 11 is 0. The molecule has 38 heavy (non-hydrogen) atoms. The lowest BCUT2D eigenvalue weighted by Gasteiger charge is -2.36. The maximum atomic E-state index is 14.1. The third-order valence-electron chi connectivity index (χ3n) is 6.25. The van der Waals surface area contributed by atoms with Crippen LogP contribution >= 0.6 is 0 Å². The number of nitrogens with one attached hydrogen (secondary N) is 2. The Labute approximate surface area is 229 Å². The molecule has 3 amide bonds.